The molecule has 0 heterocycles. The Bertz CT molecular complexity index is 297. The highest BCUT2D eigenvalue weighted by atomic mass is 16.6. The van der Waals surface area contributed by atoms with Gasteiger partial charge in [0.2, 0.25) is 0 Å². The molecule has 0 bridgehead atoms. The number of hydrogen-bond donors (Lipinski definition) is 1. The third kappa shape index (κ3) is 3.12. The molecule has 0 aliphatic heterocycles. The normalized spacial score (nSPS) is 10.1. The van der Waals surface area contributed by atoms with Crippen LogP contribution in [-0.2, 0) is 11.3 Å². The molecule has 0 atom stereocenters. The maximum Gasteiger partial charge on any atom is 0.269 e. The summed E-state index contributed by atoms with van der Waals surface area (Å²) in [6.07, 6.45) is 0.784. The van der Waals surface area contributed by atoms with Crippen molar-refractivity contribution < 1.29 is 9.76 Å². The van der Waals surface area contributed by atoms with Gasteiger partial charge in [0.15, 0.2) is 0 Å². The lowest BCUT2D eigenvalue weighted by molar-refractivity contribution is -0.384. The van der Waals surface area contributed by atoms with Crippen LogP contribution in [0.2, 0.25) is 0 Å². The predicted octanol–water partition coefficient (Wildman–Crippen LogP) is 1.29. The summed E-state index contributed by atoms with van der Waals surface area (Å²) < 4.78 is 0. The van der Waals surface area contributed by atoms with E-state index in [9.17, 15) is 10.1 Å². The summed E-state index contributed by atoms with van der Waals surface area (Å²) in [7, 11) is 1.55. The molecular formula is C9H12N2O3. The minimum absolute atomic E-state index is 0.119. The summed E-state index contributed by atoms with van der Waals surface area (Å²) in [5.74, 6) is 0. The van der Waals surface area contributed by atoms with E-state index in [1.54, 1.807) is 19.2 Å². The van der Waals surface area contributed by atoms with Crippen molar-refractivity contribution in [1.29, 1.82) is 0 Å². The number of hydroxylamine groups is 1. The van der Waals surface area contributed by atoms with E-state index in [-0.39, 0.29) is 5.69 Å². The zero-order valence-electron chi connectivity index (χ0n) is 7.90. The van der Waals surface area contributed by atoms with Gasteiger partial charge in [-0.2, -0.15) is 0 Å². The van der Waals surface area contributed by atoms with Crippen molar-refractivity contribution in [2.24, 2.45) is 0 Å². The highest BCUT2D eigenvalue weighted by Gasteiger charge is 2.03. The Balaban J connectivity index is 2.51. The fourth-order valence-electron chi connectivity index (χ4n) is 1.08. The van der Waals surface area contributed by atoms with Crippen molar-refractivity contribution >= 4 is 5.69 Å². The van der Waals surface area contributed by atoms with Gasteiger partial charge in [-0.15, -0.1) is 0 Å². The molecule has 0 radical (unpaired) electrons. The van der Waals surface area contributed by atoms with Gasteiger partial charge >= 0.3 is 0 Å². The van der Waals surface area contributed by atoms with Gasteiger partial charge in [-0.3, -0.25) is 10.1 Å². The van der Waals surface area contributed by atoms with Gasteiger partial charge < -0.3 is 4.84 Å². The van der Waals surface area contributed by atoms with Crippen LogP contribution in [0.3, 0.4) is 0 Å². The van der Waals surface area contributed by atoms with E-state index >= 15 is 0 Å². The van der Waals surface area contributed by atoms with Crippen molar-refractivity contribution in [2.75, 3.05) is 13.7 Å². The van der Waals surface area contributed by atoms with Gasteiger partial charge in [0.1, 0.15) is 0 Å². The van der Waals surface area contributed by atoms with Crippen LogP contribution in [0.25, 0.3) is 0 Å². The molecule has 1 N–H and O–H groups in total. The Labute approximate surface area is 81.8 Å². The maximum absolute atomic E-state index is 10.3. The summed E-state index contributed by atoms with van der Waals surface area (Å²) in [5, 5.41) is 10.3. The third-order valence-electron chi connectivity index (χ3n) is 1.81. The quantitative estimate of drug-likeness (QED) is 0.438. The molecular weight excluding hydrogens is 184 g/mol. The third-order valence-corrected chi connectivity index (χ3v) is 1.81. The second kappa shape index (κ2) is 5.31. The SMILES string of the molecule is CONCCc1ccc([N+](=O)[O-])cc1. The Kier molecular flexibility index (Phi) is 4.03. The highest BCUT2D eigenvalue weighted by Crippen LogP contribution is 2.11. The monoisotopic (exact) mass is 196 g/mol. The van der Waals surface area contributed by atoms with E-state index in [0.717, 1.165) is 12.0 Å². The molecule has 5 heteroatoms. The molecule has 76 valence electrons. The minimum atomic E-state index is -0.406. The first-order chi connectivity index (χ1) is 6.74. The molecule has 0 spiro atoms. The maximum atomic E-state index is 10.3. The van der Waals surface area contributed by atoms with Crippen LogP contribution in [-0.4, -0.2) is 18.6 Å². The number of rotatable bonds is 5. The second-order valence-electron chi connectivity index (χ2n) is 2.77. The Morgan fingerprint density at radius 1 is 1.43 bits per heavy atom. The lowest BCUT2D eigenvalue weighted by Gasteiger charge is -2.01. The smallest absolute Gasteiger partial charge is 0.269 e. The molecule has 0 unspecified atom stereocenters. The fraction of sp³-hybridized carbons (Fsp3) is 0.333. The summed E-state index contributed by atoms with van der Waals surface area (Å²) in [6.45, 7) is 0.689. The zero-order valence-corrected chi connectivity index (χ0v) is 7.90. The van der Waals surface area contributed by atoms with Crippen LogP contribution in [0.1, 0.15) is 5.56 Å². The topological polar surface area (TPSA) is 64.4 Å². The molecule has 1 aromatic rings. The van der Waals surface area contributed by atoms with Gasteiger partial charge in [0, 0.05) is 18.7 Å². The molecule has 14 heavy (non-hydrogen) atoms. The largest absolute Gasteiger partial charge is 0.305 e. The van der Waals surface area contributed by atoms with Crippen LogP contribution in [0, 0.1) is 10.1 Å². The number of benzene rings is 1. The van der Waals surface area contributed by atoms with Gasteiger partial charge in [0.25, 0.3) is 5.69 Å². The van der Waals surface area contributed by atoms with Crippen molar-refractivity contribution in [3.63, 3.8) is 0 Å². The standard InChI is InChI=1S/C9H12N2O3/c1-14-10-7-6-8-2-4-9(5-3-8)11(12)13/h2-5,10H,6-7H2,1H3. The van der Waals surface area contributed by atoms with Crippen molar-refractivity contribution in [3.05, 3.63) is 39.9 Å². The number of hydrogen-bond acceptors (Lipinski definition) is 4. The number of non-ortho nitro benzene ring substituents is 1. The molecule has 0 aliphatic rings. The van der Waals surface area contributed by atoms with Crippen LogP contribution < -0.4 is 5.48 Å². The average Bonchev–Trinajstić information content (AvgIpc) is 2.19. The van der Waals surface area contributed by atoms with E-state index in [4.69, 9.17) is 0 Å². The summed E-state index contributed by atoms with van der Waals surface area (Å²) in [5.41, 5.74) is 3.86. The van der Waals surface area contributed by atoms with E-state index < -0.39 is 4.92 Å². The van der Waals surface area contributed by atoms with Crippen molar-refractivity contribution in [3.8, 4) is 0 Å². The summed E-state index contributed by atoms with van der Waals surface area (Å²) in [4.78, 5) is 14.6. The van der Waals surface area contributed by atoms with Gasteiger partial charge in [-0.25, -0.2) is 5.48 Å². The lowest BCUT2D eigenvalue weighted by atomic mass is 10.1. The number of nitro benzene ring substituents is 1. The van der Waals surface area contributed by atoms with E-state index in [2.05, 4.69) is 10.3 Å². The molecule has 0 saturated carbocycles. The highest BCUT2D eigenvalue weighted by molar-refractivity contribution is 5.32. The minimum Gasteiger partial charge on any atom is -0.305 e. The first-order valence-electron chi connectivity index (χ1n) is 4.23. The predicted molar refractivity (Wildman–Crippen MR) is 51.8 cm³/mol. The molecule has 0 saturated heterocycles. The summed E-state index contributed by atoms with van der Waals surface area (Å²) in [6, 6.07) is 6.50. The van der Waals surface area contributed by atoms with E-state index in [1.807, 2.05) is 0 Å². The van der Waals surface area contributed by atoms with Crippen LogP contribution >= 0.6 is 0 Å². The van der Waals surface area contributed by atoms with Crippen LogP contribution in [0.15, 0.2) is 24.3 Å². The van der Waals surface area contributed by atoms with Gasteiger partial charge in [-0.1, -0.05) is 12.1 Å². The fourth-order valence-corrected chi connectivity index (χ4v) is 1.08. The van der Waals surface area contributed by atoms with E-state index in [1.165, 1.54) is 12.1 Å². The molecule has 0 amide bonds. The average molecular weight is 196 g/mol. The van der Waals surface area contributed by atoms with Crippen molar-refractivity contribution in [1.82, 2.24) is 5.48 Å². The first kappa shape index (κ1) is 10.6. The molecule has 1 rings (SSSR count). The number of nitrogens with zero attached hydrogens (tertiary/aromatic N) is 1. The van der Waals surface area contributed by atoms with Gasteiger partial charge in [-0.05, 0) is 12.0 Å². The molecule has 1 aromatic carbocycles. The zero-order chi connectivity index (χ0) is 10.4. The van der Waals surface area contributed by atoms with Crippen LogP contribution in [0.5, 0.6) is 0 Å². The lowest BCUT2D eigenvalue weighted by Crippen LogP contribution is -2.15. The number of nitrogens with one attached hydrogen (secondary N) is 1. The second-order valence-corrected chi connectivity index (χ2v) is 2.77. The van der Waals surface area contributed by atoms with Gasteiger partial charge in [0.05, 0.1) is 12.0 Å². The number of nitro groups is 1. The Morgan fingerprint density at radius 3 is 2.57 bits per heavy atom. The first-order valence-corrected chi connectivity index (χ1v) is 4.23. The molecule has 0 aliphatic carbocycles. The summed E-state index contributed by atoms with van der Waals surface area (Å²) >= 11 is 0. The Morgan fingerprint density at radius 2 is 2.07 bits per heavy atom. The molecule has 0 aromatic heterocycles. The molecule has 0 fully saturated rings. The van der Waals surface area contributed by atoms with Crippen molar-refractivity contribution in [2.45, 2.75) is 6.42 Å². The Hall–Kier alpha value is -1.46. The molecule has 5 nitrogen and oxygen atoms in total. The van der Waals surface area contributed by atoms with Crippen LogP contribution in [0.4, 0.5) is 5.69 Å². The van der Waals surface area contributed by atoms with E-state index in [0.29, 0.717) is 6.54 Å².